The highest BCUT2D eigenvalue weighted by atomic mass is 16.5. The molecule has 0 radical (unpaired) electrons. The smallest absolute Gasteiger partial charge is 0.248 e. The van der Waals surface area contributed by atoms with Crippen molar-refractivity contribution in [2.24, 2.45) is 5.73 Å². The highest BCUT2D eigenvalue weighted by molar-refractivity contribution is 5.99. The van der Waals surface area contributed by atoms with Crippen molar-refractivity contribution < 1.29 is 19.4 Å². The van der Waals surface area contributed by atoms with Crippen LogP contribution in [0.5, 0.6) is 11.5 Å². The van der Waals surface area contributed by atoms with Gasteiger partial charge >= 0.3 is 0 Å². The lowest BCUT2D eigenvalue weighted by Crippen LogP contribution is -2.24. The first-order valence-electron chi connectivity index (χ1n) is 7.56. The van der Waals surface area contributed by atoms with Crippen LogP contribution in [0, 0.1) is 0 Å². The molecule has 0 saturated carbocycles. The van der Waals surface area contributed by atoms with Gasteiger partial charge in [-0.3, -0.25) is 9.59 Å². The van der Waals surface area contributed by atoms with Gasteiger partial charge in [-0.05, 0) is 35.9 Å². The molecule has 6 nitrogen and oxygen atoms in total. The molecule has 24 heavy (non-hydrogen) atoms. The van der Waals surface area contributed by atoms with Crippen molar-refractivity contribution in [3.8, 4) is 11.5 Å². The SMILES string of the molecule is COc1ccc([C@H]2CC(=O)N(c3cccc(C(N)=O)c3)C2)cc1O. The summed E-state index contributed by atoms with van der Waals surface area (Å²) in [6, 6.07) is 11.9. The molecule has 2 aromatic carbocycles. The predicted molar refractivity (Wildman–Crippen MR) is 89.3 cm³/mol. The number of phenolic OH excluding ortho intramolecular Hbond substituents is 1. The summed E-state index contributed by atoms with van der Waals surface area (Å²) in [5.74, 6) is -0.144. The number of ether oxygens (including phenoxy) is 1. The van der Waals surface area contributed by atoms with E-state index in [1.54, 1.807) is 41.3 Å². The van der Waals surface area contributed by atoms with Gasteiger partial charge in [0, 0.05) is 30.1 Å². The van der Waals surface area contributed by atoms with Crippen molar-refractivity contribution in [2.45, 2.75) is 12.3 Å². The fraction of sp³-hybridized carbons (Fsp3) is 0.222. The lowest BCUT2D eigenvalue weighted by atomic mass is 9.98. The Morgan fingerprint density at radius 1 is 1.29 bits per heavy atom. The average Bonchev–Trinajstić information content (AvgIpc) is 2.96. The molecule has 0 spiro atoms. The standard InChI is InChI=1S/C18H18N2O4/c1-24-16-6-5-11(8-15(16)21)13-9-17(22)20(10-13)14-4-2-3-12(7-14)18(19)23/h2-8,13,21H,9-10H2,1H3,(H2,19,23)/t13-/m0/s1. The van der Waals surface area contributed by atoms with E-state index < -0.39 is 5.91 Å². The average molecular weight is 326 g/mol. The van der Waals surface area contributed by atoms with E-state index in [0.717, 1.165) is 5.56 Å². The zero-order valence-electron chi connectivity index (χ0n) is 13.2. The van der Waals surface area contributed by atoms with Crippen LogP contribution in [-0.4, -0.2) is 30.6 Å². The number of carbonyl (C=O) groups excluding carboxylic acids is 2. The van der Waals surface area contributed by atoms with Crippen molar-refractivity contribution in [1.29, 1.82) is 0 Å². The Balaban J connectivity index is 1.84. The molecule has 1 heterocycles. The van der Waals surface area contributed by atoms with E-state index in [0.29, 0.717) is 30.0 Å². The molecule has 6 heteroatoms. The Morgan fingerprint density at radius 3 is 2.75 bits per heavy atom. The van der Waals surface area contributed by atoms with Gasteiger partial charge in [-0.15, -0.1) is 0 Å². The second kappa shape index (κ2) is 6.23. The minimum absolute atomic E-state index is 0.0306. The molecule has 1 saturated heterocycles. The maximum Gasteiger partial charge on any atom is 0.248 e. The predicted octanol–water partition coefficient (Wildman–Crippen LogP) is 2.02. The van der Waals surface area contributed by atoms with Gasteiger partial charge in [0.05, 0.1) is 7.11 Å². The topological polar surface area (TPSA) is 92.9 Å². The van der Waals surface area contributed by atoms with E-state index in [-0.39, 0.29) is 17.6 Å². The van der Waals surface area contributed by atoms with Gasteiger partial charge in [-0.25, -0.2) is 0 Å². The molecule has 0 aliphatic carbocycles. The first-order valence-corrected chi connectivity index (χ1v) is 7.56. The molecular weight excluding hydrogens is 308 g/mol. The summed E-state index contributed by atoms with van der Waals surface area (Å²) in [7, 11) is 1.49. The molecule has 1 atom stereocenters. The van der Waals surface area contributed by atoms with Crippen molar-refractivity contribution in [2.75, 3.05) is 18.6 Å². The minimum atomic E-state index is -0.528. The monoisotopic (exact) mass is 326 g/mol. The molecule has 1 fully saturated rings. The number of anilines is 1. The number of phenols is 1. The fourth-order valence-electron chi connectivity index (χ4n) is 2.97. The number of hydrogen-bond acceptors (Lipinski definition) is 4. The molecule has 2 aromatic rings. The molecule has 1 aliphatic rings. The number of carbonyl (C=O) groups is 2. The third kappa shape index (κ3) is 2.90. The Labute approximate surface area is 139 Å². The van der Waals surface area contributed by atoms with Crippen molar-refractivity contribution in [3.05, 3.63) is 53.6 Å². The maximum absolute atomic E-state index is 12.4. The zero-order valence-corrected chi connectivity index (χ0v) is 13.2. The summed E-state index contributed by atoms with van der Waals surface area (Å²) in [4.78, 5) is 25.3. The number of nitrogens with zero attached hydrogens (tertiary/aromatic N) is 1. The Bertz CT molecular complexity index is 803. The minimum Gasteiger partial charge on any atom is -0.504 e. The lowest BCUT2D eigenvalue weighted by molar-refractivity contribution is -0.117. The highest BCUT2D eigenvalue weighted by Gasteiger charge is 2.32. The summed E-state index contributed by atoms with van der Waals surface area (Å²) >= 11 is 0. The Kier molecular flexibility index (Phi) is 4.12. The largest absolute Gasteiger partial charge is 0.504 e. The van der Waals surface area contributed by atoms with Crippen LogP contribution in [0.15, 0.2) is 42.5 Å². The summed E-state index contributed by atoms with van der Waals surface area (Å²) < 4.78 is 5.04. The van der Waals surface area contributed by atoms with Crippen LogP contribution in [0.3, 0.4) is 0 Å². The molecule has 2 amide bonds. The number of benzene rings is 2. The molecule has 1 aliphatic heterocycles. The van der Waals surface area contributed by atoms with E-state index in [1.807, 2.05) is 6.07 Å². The number of methoxy groups -OCH3 is 1. The summed E-state index contributed by atoms with van der Waals surface area (Å²) in [5, 5.41) is 9.92. The van der Waals surface area contributed by atoms with Crippen LogP contribution in [0.2, 0.25) is 0 Å². The first kappa shape index (κ1) is 15.9. The first-order chi connectivity index (χ1) is 11.5. The summed E-state index contributed by atoms with van der Waals surface area (Å²) in [6.45, 7) is 0.479. The second-order valence-electron chi connectivity index (χ2n) is 5.75. The molecule has 0 aromatic heterocycles. The van der Waals surface area contributed by atoms with Crippen LogP contribution >= 0.6 is 0 Å². The van der Waals surface area contributed by atoms with Crippen molar-refractivity contribution in [3.63, 3.8) is 0 Å². The summed E-state index contributed by atoms with van der Waals surface area (Å²) in [5.41, 5.74) is 7.18. The van der Waals surface area contributed by atoms with Crippen molar-refractivity contribution in [1.82, 2.24) is 0 Å². The van der Waals surface area contributed by atoms with E-state index in [9.17, 15) is 14.7 Å². The van der Waals surface area contributed by atoms with Crippen LogP contribution in [0.25, 0.3) is 0 Å². The highest BCUT2D eigenvalue weighted by Crippen LogP contribution is 2.35. The molecule has 3 N–H and O–H groups in total. The van der Waals surface area contributed by atoms with E-state index in [4.69, 9.17) is 10.5 Å². The number of rotatable bonds is 4. The van der Waals surface area contributed by atoms with Gasteiger partial charge in [0.15, 0.2) is 11.5 Å². The van der Waals surface area contributed by atoms with Gasteiger partial charge in [0.2, 0.25) is 11.8 Å². The quantitative estimate of drug-likeness (QED) is 0.899. The molecule has 3 rings (SSSR count). The van der Waals surface area contributed by atoms with Gasteiger partial charge < -0.3 is 20.5 Å². The van der Waals surface area contributed by atoms with Crippen LogP contribution in [0.1, 0.15) is 28.3 Å². The molecular formula is C18H18N2O4. The molecule has 0 unspecified atom stereocenters. The van der Waals surface area contributed by atoms with E-state index in [2.05, 4.69) is 0 Å². The number of aromatic hydroxyl groups is 1. The Hall–Kier alpha value is -3.02. The maximum atomic E-state index is 12.4. The van der Waals surface area contributed by atoms with Crippen LogP contribution < -0.4 is 15.4 Å². The van der Waals surface area contributed by atoms with Crippen LogP contribution in [0.4, 0.5) is 5.69 Å². The van der Waals surface area contributed by atoms with E-state index >= 15 is 0 Å². The van der Waals surface area contributed by atoms with Crippen molar-refractivity contribution >= 4 is 17.5 Å². The van der Waals surface area contributed by atoms with Gasteiger partial charge in [-0.2, -0.15) is 0 Å². The second-order valence-corrected chi connectivity index (χ2v) is 5.75. The normalized spacial score (nSPS) is 17.1. The number of amides is 2. The molecule has 0 bridgehead atoms. The lowest BCUT2D eigenvalue weighted by Gasteiger charge is -2.17. The van der Waals surface area contributed by atoms with Gasteiger partial charge in [0.1, 0.15) is 0 Å². The number of primary amides is 1. The third-order valence-electron chi connectivity index (χ3n) is 4.24. The van der Waals surface area contributed by atoms with E-state index in [1.165, 1.54) is 7.11 Å². The van der Waals surface area contributed by atoms with Crippen LogP contribution in [-0.2, 0) is 4.79 Å². The zero-order chi connectivity index (χ0) is 17.3. The third-order valence-corrected chi connectivity index (χ3v) is 4.24. The van der Waals surface area contributed by atoms with Gasteiger partial charge in [-0.1, -0.05) is 12.1 Å². The molecule has 124 valence electrons. The Morgan fingerprint density at radius 2 is 2.08 bits per heavy atom. The fourth-order valence-corrected chi connectivity index (χ4v) is 2.97. The number of nitrogens with two attached hydrogens (primary N) is 1. The number of hydrogen-bond donors (Lipinski definition) is 2. The summed E-state index contributed by atoms with van der Waals surface area (Å²) in [6.07, 6.45) is 0.340. The van der Waals surface area contributed by atoms with Gasteiger partial charge in [0.25, 0.3) is 0 Å².